The summed E-state index contributed by atoms with van der Waals surface area (Å²) >= 11 is 4.62. The summed E-state index contributed by atoms with van der Waals surface area (Å²) < 4.78 is 16.7. The Kier molecular flexibility index (Phi) is 10.0. The van der Waals surface area contributed by atoms with Crippen LogP contribution in [0, 0.1) is 31.1 Å². The minimum absolute atomic E-state index is 0.106. The van der Waals surface area contributed by atoms with Crippen molar-refractivity contribution in [3.8, 4) is 35.7 Å². The molecule has 0 saturated heterocycles. The van der Waals surface area contributed by atoms with Crippen LogP contribution in [0.4, 0.5) is 0 Å². The monoisotopic (exact) mass is 451 g/mol. The maximum absolute atomic E-state index is 13.1. The van der Waals surface area contributed by atoms with E-state index in [9.17, 15) is 4.79 Å². The van der Waals surface area contributed by atoms with E-state index >= 15 is 0 Å². The fourth-order valence-corrected chi connectivity index (χ4v) is 3.22. The molecule has 1 unspecified atom stereocenters. The molecule has 0 radical (unpaired) electrons. The van der Waals surface area contributed by atoms with E-state index in [1.54, 1.807) is 13.2 Å². The first-order valence-electron chi connectivity index (χ1n) is 10.3. The second-order valence-electron chi connectivity index (χ2n) is 6.99. The van der Waals surface area contributed by atoms with E-state index in [1.807, 2.05) is 50.2 Å². The molecule has 0 aromatic heterocycles. The van der Waals surface area contributed by atoms with E-state index < -0.39 is 4.93 Å². The Morgan fingerprint density at radius 2 is 1.88 bits per heavy atom. The lowest BCUT2D eigenvalue weighted by Gasteiger charge is -2.27. The van der Waals surface area contributed by atoms with Crippen molar-refractivity contribution >= 4 is 18.5 Å². The van der Waals surface area contributed by atoms with E-state index in [-0.39, 0.29) is 19.1 Å². The number of hydrogen-bond acceptors (Lipinski definition) is 5. The van der Waals surface area contributed by atoms with Gasteiger partial charge < -0.3 is 19.5 Å². The molecular formula is C26H29NO4S. The van der Waals surface area contributed by atoms with Gasteiger partial charge in [0.2, 0.25) is 4.93 Å². The minimum atomic E-state index is -1.44. The third kappa shape index (κ3) is 6.99. The Labute approximate surface area is 196 Å². The van der Waals surface area contributed by atoms with Gasteiger partial charge in [0.15, 0.2) is 11.5 Å². The first-order valence-corrected chi connectivity index (χ1v) is 10.8. The van der Waals surface area contributed by atoms with Crippen LogP contribution in [0.3, 0.4) is 0 Å². The number of carbonyl (C=O) groups excluding carboxylic acids is 1. The van der Waals surface area contributed by atoms with E-state index in [0.29, 0.717) is 30.0 Å². The lowest BCUT2D eigenvalue weighted by Crippen LogP contribution is -2.43. The molecule has 0 spiro atoms. The lowest BCUT2D eigenvalue weighted by atomic mass is 10.1. The molecule has 1 atom stereocenters. The normalized spacial score (nSPS) is 12.0. The molecule has 2 aromatic carbocycles. The van der Waals surface area contributed by atoms with Crippen molar-refractivity contribution in [1.29, 1.82) is 0 Å². The zero-order valence-electron chi connectivity index (χ0n) is 18.7. The minimum Gasteiger partial charge on any atom is -0.493 e. The van der Waals surface area contributed by atoms with Gasteiger partial charge >= 0.3 is 0 Å². The van der Waals surface area contributed by atoms with Crippen LogP contribution in [-0.2, 0) is 20.9 Å². The van der Waals surface area contributed by atoms with Gasteiger partial charge in [0.1, 0.15) is 13.2 Å². The Morgan fingerprint density at radius 3 is 2.53 bits per heavy atom. The number of amides is 1. The number of nitrogens with one attached hydrogen (secondary N) is 1. The molecule has 0 aliphatic rings. The van der Waals surface area contributed by atoms with Crippen LogP contribution in [0.2, 0.25) is 0 Å². The molecule has 2 aromatic rings. The SMILES string of the molecule is C#CCOc1ccc(CCNC(=O)C(S)(OCC#CCC)c2ccc(C)cc2)cc1OC. The molecule has 168 valence electrons. The van der Waals surface area contributed by atoms with Crippen molar-refractivity contribution in [1.82, 2.24) is 5.32 Å². The molecule has 1 N–H and O–H groups in total. The molecular weight excluding hydrogens is 422 g/mol. The smallest absolute Gasteiger partial charge is 0.267 e. The molecule has 1 amide bonds. The van der Waals surface area contributed by atoms with Crippen molar-refractivity contribution in [2.75, 3.05) is 26.9 Å². The quantitative estimate of drug-likeness (QED) is 0.327. The van der Waals surface area contributed by atoms with Crippen LogP contribution in [0.15, 0.2) is 42.5 Å². The number of ether oxygens (including phenoxy) is 3. The number of rotatable bonds is 10. The van der Waals surface area contributed by atoms with Gasteiger partial charge in [-0.15, -0.1) is 25.0 Å². The molecule has 2 rings (SSSR count). The summed E-state index contributed by atoms with van der Waals surface area (Å²) in [5, 5.41) is 2.93. The number of thiol groups is 1. The molecule has 0 bridgehead atoms. The van der Waals surface area contributed by atoms with Gasteiger partial charge in [0.25, 0.3) is 5.91 Å². The number of aryl methyl sites for hydroxylation is 1. The predicted octanol–water partition coefficient (Wildman–Crippen LogP) is 3.89. The summed E-state index contributed by atoms with van der Waals surface area (Å²) in [4.78, 5) is 11.6. The highest BCUT2D eigenvalue weighted by Crippen LogP contribution is 2.31. The zero-order chi connectivity index (χ0) is 23.4. The second kappa shape index (κ2) is 12.7. The Hall–Kier alpha value is -3.06. The van der Waals surface area contributed by atoms with Gasteiger partial charge in [-0.1, -0.05) is 54.7 Å². The summed E-state index contributed by atoms with van der Waals surface area (Å²) in [7, 11) is 1.57. The van der Waals surface area contributed by atoms with Gasteiger partial charge in [0.05, 0.1) is 7.11 Å². The fraction of sp³-hybridized carbons (Fsp3) is 0.346. The Morgan fingerprint density at radius 1 is 1.12 bits per heavy atom. The van der Waals surface area contributed by atoms with Crippen LogP contribution >= 0.6 is 12.6 Å². The molecule has 5 nitrogen and oxygen atoms in total. The van der Waals surface area contributed by atoms with E-state index in [2.05, 4.69) is 35.7 Å². The average molecular weight is 452 g/mol. The van der Waals surface area contributed by atoms with Crippen LogP contribution in [0.25, 0.3) is 0 Å². The first kappa shape index (κ1) is 25.2. The van der Waals surface area contributed by atoms with Gasteiger partial charge in [0, 0.05) is 18.5 Å². The van der Waals surface area contributed by atoms with Gasteiger partial charge in [-0.05, 0) is 31.0 Å². The van der Waals surface area contributed by atoms with Crippen molar-refractivity contribution in [2.24, 2.45) is 0 Å². The van der Waals surface area contributed by atoms with E-state index in [4.69, 9.17) is 20.6 Å². The maximum Gasteiger partial charge on any atom is 0.267 e. The van der Waals surface area contributed by atoms with Gasteiger partial charge in [-0.3, -0.25) is 4.79 Å². The van der Waals surface area contributed by atoms with Crippen LogP contribution in [0.1, 0.15) is 30.0 Å². The van der Waals surface area contributed by atoms with Crippen molar-refractivity contribution < 1.29 is 19.0 Å². The molecule has 0 heterocycles. The second-order valence-corrected chi connectivity index (χ2v) is 7.62. The van der Waals surface area contributed by atoms with Crippen LogP contribution < -0.4 is 14.8 Å². The highest BCUT2D eigenvalue weighted by Gasteiger charge is 2.37. The van der Waals surface area contributed by atoms with Crippen LogP contribution in [-0.4, -0.2) is 32.8 Å². The summed E-state index contributed by atoms with van der Waals surface area (Å²) in [6, 6.07) is 13.1. The molecule has 0 aliphatic heterocycles. The molecule has 0 fully saturated rings. The lowest BCUT2D eigenvalue weighted by molar-refractivity contribution is -0.135. The van der Waals surface area contributed by atoms with Gasteiger partial charge in [-0.25, -0.2) is 0 Å². The summed E-state index contributed by atoms with van der Waals surface area (Å²) in [6.45, 7) is 4.60. The van der Waals surface area contributed by atoms with Gasteiger partial charge in [-0.2, -0.15) is 0 Å². The van der Waals surface area contributed by atoms with Crippen molar-refractivity contribution in [2.45, 2.75) is 31.6 Å². The van der Waals surface area contributed by atoms with E-state index in [0.717, 1.165) is 17.5 Å². The van der Waals surface area contributed by atoms with Crippen LogP contribution in [0.5, 0.6) is 11.5 Å². The number of hydrogen-bond donors (Lipinski definition) is 2. The summed E-state index contributed by atoms with van der Waals surface area (Å²) in [5.74, 6) is 9.09. The molecule has 6 heteroatoms. The molecule has 0 aliphatic carbocycles. The highest BCUT2D eigenvalue weighted by atomic mass is 32.1. The predicted molar refractivity (Wildman–Crippen MR) is 130 cm³/mol. The number of terminal acetylenes is 1. The molecule has 32 heavy (non-hydrogen) atoms. The summed E-state index contributed by atoms with van der Waals surface area (Å²) in [6.07, 6.45) is 6.55. The largest absolute Gasteiger partial charge is 0.493 e. The summed E-state index contributed by atoms with van der Waals surface area (Å²) in [5.41, 5.74) is 2.71. The standard InChI is InChI=1S/C26H29NO4S/c1-5-7-8-18-31-26(32,22-12-9-20(3)10-13-22)25(28)27-16-15-21-11-14-23(30-17-6-2)24(19-21)29-4/h2,9-14,19,32H,5,15-18H2,1,3-4H3,(H,27,28). The van der Waals surface area contributed by atoms with Crippen molar-refractivity contribution in [3.63, 3.8) is 0 Å². The average Bonchev–Trinajstić information content (AvgIpc) is 2.81. The fourth-order valence-electron chi connectivity index (χ4n) is 2.92. The van der Waals surface area contributed by atoms with Crippen molar-refractivity contribution in [3.05, 3.63) is 59.2 Å². The number of benzene rings is 2. The Bertz CT molecular complexity index is 1000. The Balaban J connectivity index is 2.08. The number of carbonyl (C=O) groups is 1. The third-order valence-electron chi connectivity index (χ3n) is 4.64. The highest BCUT2D eigenvalue weighted by molar-refractivity contribution is 7.82. The van der Waals surface area contributed by atoms with E-state index in [1.165, 1.54) is 0 Å². The number of methoxy groups -OCH3 is 1. The molecule has 0 saturated carbocycles. The topological polar surface area (TPSA) is 56.8 Å². The maximum atomic E-state index is 13.1. The first-order chi connectivity index (χ1) is 15.4. The zero-order valence-corrected chi connectivity index (χ0v) is 19.6. The third-order valence-corrected chi connectivity index (χ3v) is 5.23.